The lowest BCUT2D eigenvalue weighted by Crippen LogP contribution is -2.29. The topological polar surface area (TPSA) is 33.1 Å². The summed E-state index contributed by atoms with van der Waals surface area (Å²) in [5.41, 5.74) is 11.1. The molecular formula is C31H34N4S. The van der Waals surface area contributed by atoms with Gasteiger partial charge in [-0.2, -0.15) is 0 Å². The second-order valence-electron chi connectivity index (χ2n) is 9.61. The van der Waals surface area contributed by atoms with Gasteiger partial charge in [0.1, 0.15) is 0 Å². The highest BCUT2D eigenvalue weighted by Crippen LogP contribution is 2.44. The van der Waals surface area contributed by atoms with Gasteiger partial charge in [0.15, 0.2) is 5.11 Å². The fraction of sp³-hybridized carbons (Fsp3) is 0.290. The maximum absolute atomic E-state index is 5.95. The van der Waals surface area contributed by atoms with E-state index in [2.05, 4.69) is 104 Å². The molecule has 2 aromatic carbocycles. The number of rotatable bonds is 6. The second-order valence-corrected chi connectivity index (χ2v) is 10.0. The van der Waals surface area contributed by atoms with Crippen molar-refractivity contribution >= 4 is 23.0 Å². The van der Waals surface area contributed by atoms with Crippen LogP contribution in [0.25, 0.3) is 5.69 Å². The molecule has 1 N–H and O–H groups in total. The molecule has 184 valence electrons. The Hall–Kier alpha value is -3.44. The molecule has 0 radical (unpaired) electrons. The molecule has 2 atom stereocenters. The van der Waals surface area contributed by atoms with Crippen molar-refractivity contribution in [3.05, 3.63) is 112 Å². The maximum atomic E-state index is 5.95. The van der Waals surface area contributed by atoms with Crippen molar-refractivity contribution in [3.63, 3.8) is 0 Å². The third kappa shape index (κ3) is 4.11. The number of thiocarbonyl (C=S) groups is 1. The maximum Gasteiger partial charge on any atom is 0.174 e. The Kier molecular flexibility index (Phi) is 6.67. The summed E-state index contributed by atoms with van der Waals surface area (Å²) >= 11 is 5.95. The summed E-state index contributed by atoms with van der Waals surface area (Å²) in [5.74, 6) is 0. The number of para-hydroxylation sites is 1. The lowest BCUT2D eigenvalue weighted by molar-refractivity contribution is 0.565. The molecule has 1 aliphatic rings. The van der Waals surface area contributed by atoms with E-state index in [0.717, 1.165) is 29.3 Å². The zero-order valence-corrected chi connectivity index (χ0v) is 22.6. The van der Waals surface area contributed by atoms with Crippen LogP contribution in [0.2, 0.25) is 0 Å². The molecule has 0 aliphatic carbocycles. The Morgan fingerprint density at radius 2 is 1.69 bits per heavy atom. The predicted molar refractivity (Wildman–Crippen MR) is 153 cm³/mol. The molecule has 36 heavy (non-hydrogen) atoms. The largest absolute Gasteiger partial charge is 0.351 e. The molecule has 2 aromatic heterocycles. The van der Waals surface area contributed by atoms with Gasteiger partial charge in [-0.25, -0.2) is 0 Å². The fourth-order valence-electron chi connectivity index (χ4n) is 5.60. The molecule has 0 unspecified atom stereocenters. The van der Waals surface area contributed by atoms with Crippen LogP contribution in [-0.2, 0) is 12.8 Å². The third-order valence-corrected chi connectivity index (χ3v) is 7.75. The van der Waals surface area contributed by atoms with Crippen molar-refractivity contribution in [2.24, 2.45) is 0 Å². The number of hydrogen-bond donors (Lipinski definition) is 1. The first-order chi connectivity index (χ1) is 17.4. The summed E-state index contributed by atoms with van der Waals surface area (Å²) in [6.45, 7) is 11.1. The smallest absolute Gasteiger partial charge is 0.174 e. The van der Waals surface area contributed by atoms with E-state index in [1.165, 1.54) is 39.3 Å². The lowest BCUT2D eigenvalue weighted by Gasteiger charge is -2.28. The average molecular weight is 495 g/mol. The van der Waals surface area contributed by atoms with Gasteiger partial charge in [-0.05, 0) is 98.4 Å². The molecular weight excluding hydrogens is 460 g/mol. The molecule has 1 saturated heterocycles. The van der Waals surface area contributed by atoms with Crippen molar-refractivity contribution in [1.29, 1.82) is 0 Å². The SMILES string of the molecule is CCc1ccc(N2C(=S)N[C@H](c3ccccn3)[C@H]2c2cc(C)n(-c3c(C)cccc3CC)c2C)cc1. The number of aromatic nitrogens is 2. The highest BCUT2D eigenvalue weighted by Gasteiger charge is 2.42. The Balaban J connectivity index is 1.70. The molecule has 0 bridgehead atoms. The molecule has 0 amide bonds. The van der Waals surface area contributed by atoms with E-state index >= 15 is 0 Å². The molecule has 0 saturated carbocycles. The zero-order chi connectivity index (χ0) is 25.4. The first-order valence-corrected chi connectivity index (χ1v) is 13.2. The number of anilines is 1. The van der Waals surface area contributed by atoms with E-state index in [0.29, 0.717) is 0 Å². The summed E-state index contributed by atoms with van der Waals surface area (Å²) in [5, 5.41) is 4.34. The number of nitrogens with zero attached hydrogens (tertiary/aromatic N) is 3. The molecule has 3 heterocycles. The van der Waals surface area contributed by atoms with Gasteiger partial charge in [-0.3, -0.25) is 4.98 Å². The van der Waals surface area contributed by atoms with E-state index in [1.807, 2.05) is 18.3 Å². The fourth-order valence-corrected chi connectivity index (χ4v) is 5.94. The minimum atomic E-state index is -0.0546. The van der Waals surface area contributed by atoms with Crippen LogP contribution in [0.4, 0.5) is 5.69 Å². The van der Waals surface area contributed by atoms with E-state index < -0.39 is 0 Å². The minimum Gasteiger partial charge on any atom is -0.351 e. The van der Waals surface area contributed by atoms with E-state index in [1.54, 1.807) is 0 Å². The highest BCUT2D eigenvalue weighted by molar-refractivity contribution is 7.80. The van der Waals surface area contributed by atoms with Gasteiger partial charge in [0.2, 0.25) is 0 Å². The first kappa shape index (κ1) is 24.3. The standard InChI is InChI=1S/C31H34N4S/c1-6-23-14-16-25(17-15-23)35-30(28(33-31(35)36)27-13-8-9-18-32-27)26-19-21(4)34(22(26)5)29-20(3)11-10-12-24(29)7-2/h8-19,28,30H,6-7H2,1-5H3,(H,33,36)/t28-,30-/m1/s1. The van der Waals surface area contributed by atoms with Crippen molar-refractivity contribution in [2.45, 2.75) is 59.5 Å². The molecule has 5 rings (SSSR count). The van der Waals surface area contributed by atoms with Crippen molar-refractivity contribution < 1.29 is 0 Å². The third-order valence-electron chi connectivity index (χ3n) is 7.44. The van der Waals surface area contributed by atoms with Gasteiger partial charge in [-0.1, -0.05) is 50.2 Å². The highest BCUT2D eigenvalue weighted by atomic mass is 32.1. The molecule has 1 aliphatic heterocycles. The summed E-state index contributed by atoms with van der Waals surface area (Å²) in [4.78, 5) is 7.01. The number of pyridine rings is 1. The van der Waals surface area contributed by atoms with Crippen molar-refractivity contribution in [2.75, 3.05) is 4.90 Å². The summed E-state index contributed by atoms with van der Waals surface area (Å²) in [6.07, 6.45) is 3.87. The Morgan fingerprint density at radius 1 is 0.917 bits per heavy atom. The van der Waals surface area contributed by atoms with Crippen LogP contribution in [0.1, 0.15) is 65.3 Å². The lowest BCUT2D eigenvalue weighted by atomic mass is 9.96. The normalized spacial score (nSPS) is 17.5. The van der Waals surface area contributed by atoms with Crippen molar-refractivity contribution in [3.8, 4) is 5.69 Å². The number of hydrogen-bond acceptors (Lipinski definition) is 2. The van der Waals surface area contributed by atoms with Gasteiger partial charge in [0.05, 0.1) is 23.5 Å². The number of benzene rings is 2. The quantitative estimate of drug-likeness (QED) is 0.290. The monoisotopic (exact) mass is 494 g/mol. The Bertz CT molecular complexity index is 1390. The van der Waals surface area contributed by atoms with Gasteiger partial charge in [0, 0.05) is 23.3 Å². The molecule has 0 spiro atoms. The second kappa shape index (κ2) is 9.90. The Labute approximate surface area is 220 Å². The average Bonchev–Trinajstić information content (AvgIpc) is 3.39. The van der Waals surface area contributed by atoms with Crippen LogP contribution in [0, 0.1) is 20.8 Å². The van der Waals surface area contributed by atoms with Gasteiger partial charge < -0.3 is 14.8 Å². The first-order valence-electron chi connectivity index (χ1n) is 12.8. The van der Waals surface area contributed by atoms with E-state index in [4.69, 9.17) is 17.2 Å². The number of nitrogens with one attached hydrogen (secondary N) is 1. The molecule has 5 heteroatoms. The van der Waals surface area contributed by atoms with Crippen LogP contribution >= 0.6 is 12.2 Å². The summed E-state index contributed by atoms with van der Waals surface area (Å²) in [7, 11) is 0. The minimum absolute atomic E-state index is 0.0195. The van der Waals surface area contributed by atoms with Gasteiger partial charge >= 0.3 is 0 Å². The Morgan fingerprint density at radius 3 is 2.36 bits per heavy atom. The van der Waals surface area contributed by atoms with Crippen LogP contribution in [0.15, 0.2) is 72.9 Å². The van der Waals surface area contributed by atoms with Crippen LogP contribution < -0.4 is 10.2 Å². The summed E-state index contributed by atoms with van der Waals surface area (Å²) < 4.78 is 2.43. The van der Waals surface area contributed by atoms with Gasteiger partial charge in [-0.15, -0.1) is 0 Å². The molecule has 1 fully saturated rings. The summed E-state index contributed by atoms with van der Waals surface area (Å²) in [6, 6.07) is 23.8. The van der Waals surface area contributed by atoms with Crippen LogP contribution in [0.3, 0.4) is 0 Å². The zero-order valence-electron chi connectivity index (χ0n) is 21.7. The van der Waals surface area contributed by atoms with E-state index in [9.17, 15) is 0 Å². The van der Waals surface area contributed by atoms with Crippen LogP contribution in [0.5, 0.6) is 0 Å². The number of aryl methyl sites for hydroxylation is 4. The van der Waals surface area contributed by atoms with Crippen molar-refractivity contribution in [1.82, 2.24) is 14.9 Å². The molecule has 4 nitrogen and oxygen atoms in total. The van der Waals surface area contributed by atoms with Crippen LogP contribution in [-0.4, -0.2) is 14.7 Å². The predicted octanol–water partition coefficient (Wildman–Crippen LogP) is 7.10. The van der Waals surface area contributed by atoms with Gasteiger partial charge in [0.25, 0.3) is 0 Å². The molecule has 4 aromatic rings. The van der Waals surface area contributed by atoms with E-state index in [-0.39, 0.29) is 12.1 Å².